The van der Waals surface area contributed by atoms with Crippen LogP contribution in [0.25, 0.3) is 69.9 Å². The maximum Gasteiger partial charge on any atom is 0.0541 e. The maximum absolute atomic E-state index is 2.49. The van der Waals surface area contributed by atoms with Crippen molar-refractivity contribution in [1.29, 1.82) is 0 Å². The fraction of sp³-hybridized carbons (Fsp3) is 0.143. The summed E-state index contributed by atoms with van der Waals surface area (Å²) in [6.45, 7) is 9.65. The second-order valence-electron chi connectivity index (χ2n) is 13.4. The third-order valence-electron chi connectivity index (χ3n) is 10.8. The van der Waals surface area contributed by atoms with Crippen LogP contribution in [-0.4, -0.2) is 4.57 Å². The van der Waals surface area contributed by atoms with Crippen LogP contribution in [0.4, 0.5) is 0 Å². The molecule has 0 N–H and O–H groups in total. The molecule has 0 aliphatic heterocycles. The van der Waals surface area contributed by atoms with E-state index in [1.807, 2.05) is 11.3 Å². The van der Waals surface area contributed by atoms with Crippen molar-refractivity contribution >= 4 is 53.3 Å². The van der Waals surface area contributed by atoms with Crippen LogP contribution in [0.2, 0.25) is 0 Å². The molecule has 0 radical (unpaired) electrons. The molecule has 0 unspecified atom stereocenters. The highest BCUT2D eigenvalue weighted by molar-refractivity contribution is 7.25. The number of para-hydroxylation sites is 2. The first-order valence-electron chi connectivity index (χ1n) is 15.5. The van der Waals surface area contributed by atoms with Gasteiger partial charge >= 0.3 is 0 Å². The van der Waals surface area contributed by atoms with E-state index in [0.717, 1.165) is 0 Å². The van der Waals surface area contributed by atoms with Crippen LogP contribution >= 0.6 is 11.3 Å². The molecule has 0 amide bonds. The Morgan fingerprint density at radius 2 is 1.05 bits per heavy atom. The summed E-state index contributed by atoms with van der Waals surface area (Å²) in [6, 6.07) is 47.5. The van der Waals surface area contributed by atoms with Crippen LogP contribution in [0.5, 0.6) is 0 Å². The zero-order chi connectivity index (χ0) is 29.8. The predicted octanol–water partition coefficient (Wildman–Crippen LogP) is 12.1. The second kappa shape index (κ2) is 8.94. The standard InChI is InChI=1S/C42H33NS/c1-41(2)35-14-8-5-11-29(35)32-24-34-33-23-27(19-22-39(33)44-40(34)25-36(32)42(41,3)4)26-17-20-28(21-18-26)43-37-15-9-6-12-30(37)31-13-7-10-16-38(31)43/h5-25H,1-4H3. The number of benzene rings is 6. The molecular formula is C42H33NS. The van der Waals surface area contributed by atoms with E-state index in [2.05, 4.69) is 160 Å². The van der Waals surface area contributed by atoms with Crippen LogP contribution in [0.15, 0.2) is 127 Å². The van der Waals surface area contributed by atoms with E-state index >= 15 is 0 Å². The van der Waals surface area contributed by atoms with Gasteiger partial charge in [0.2, 0.25) is 0 Å². The lowest BCUT2D eigenvalue weighted by Crippen LogP contribution is -2.43. The van der Waals surface area contributed by atoms with E-state index in [-0.39, 0.29) is 10.8 Å². The van der Waals surface area contributed by atoms with E-state index in [1.54, 1.807) is 0 Å². The molecule has 8 aromatic rings. The first-order valence-corrected chi connectivity index (χ1v) is 16.3. The summed E-state index contributed by atoms with van der Waals surface area (Å²) in [5, 5.41) is 5.28. The third-order valence-corrected chi connectivity index (χ3v) is 11.9. The number of nitrogens with zero attached hydrogens (tertiary/aromatic N) is 1. The SMILES string of the molecule is CC1(C)c2ccccc2-c2cc3c(cc2C1(C)C)sc1ccc(-c2ccc(-n4c5ccccc5c5ccccc54)cc2)cc13. The number of hydrogen-bond donors (Lipinski definition) is 0. The highest BCUT2D eigenvalue weighted by atomic mass is 32.1. The first-order chi connectivity index (χ1) is 21.3. The summed E-state index contributed by atoms with van der Waals surface area (Å²) >= 11 is 1.92. The van der Waals surface area contributed by atoms with Gasteiger partial charge in [-0.05, 0) is 92.7 Å². The molecule has 2 heterocycles. The molecule has 0 bridgehead atoms. The van der Waals surface area contributed by atoms with Gasteiger partial charge in [-0.15, -0.1) is 11.3 Å². The number of rotatable bonds is 2. The van der Waals surface area contributed by atoms with E-state index < -0.39 is 0 Å². The van der Waals surface area contributed by atoms with Gasteiger partial charge in [0.25, 0.3) is 0 Å². The van der Waals surface area contributed by atoms with Crippen molar-refractivity contribution in [2.75, 3.05) is 0 Å². The van der Waals surface area contributed by atoms with E-state index in [1.165, 1.54) is 81.0 Å². The highest BCUT2D eigenvalue weighted by Crippen LogP contribution is 2.55. The summed E-state index contributed by atoms with van der Waals surface area (Å²) in [7, 11) is 0. The minimum absolute atomic E-state index is 0.0182. The highest BCUT2D eigenvalue weighted by Gasteiger charge is 2.45. The third kappa shape index (κ3) is 3.41. The van der Waals surface area contributed by atoms with Gasteiger partial charge in [0.05, 0.1) is 11.0 Å². The van der Waals surface area contributed by atoms with E-state index in [0.29, 0.717) is 0 Å². The van der Waals surface area contributed by atoms with Gasteiger partial charge in [-0.2, -0.15) is 0 Å². The molecule has 2 aromatic heterocycles. The van der Waals surface area contributed by atoms with Gasteiger partial charge in [0.15, 0.2) is 0 Å². The van der Waals surface area contributed by atoms with Gasteiger partial charge in [-0.3, -0.25) is 0 Å². The molecule has 0 saturated carbocycles. The topological polar surface area (TPSA) is 4.93 Å². The molecule has 0 fully saturated rings. The van der Waals surface area contributed by atoms with Crippen LogP contribution in [0.3, 0.4) is 0 Å². The van der Waals surface area contributed by atoms with Crippen molar-refractivity contribution in [1.82, 2.24) is 4.57 Å². The molecule has 2 heteroatoms. The zero-order valence-corrected chi connectivity index (χ0v) is 26.3. The largest absolute Gasteiger partial charge is 0.309 e. The van der Waals surface area contributed by atoms with Gasteiger partial charge in [0.1, 0.15) is 0 Å². The van der Waals surface area contributed by atoms with Crippen molar-refractivity contribution in [3.63, 3.8) is 0 Å². The van der Waals surface area contributed by atoms with Crippen molar-refractivity contribution in [2.45, 2.75) is 38.5 Å². The Bertz CT molecular complexity index is 2380. The lowest BCUT2D eigenvalue weighted by atomic mass is 9.55. The zero-order valence-electron chi connectivity index (χ0n) is 25.5. The van der Waals surface area contributed by atoms with Crippen LogP contribution < -0.4 is 0 Å². The Kier molecular flexibility index (Phi) is 5.24. The van der Waals surface area contributed by atoms with Crippen LogP contribution in [0.1, 0.15) is 38.8 Å². The molecule has 9 rings (SSSR count). The molecular weight excluding hydrogens is 551 g/mol. The Balaban J connectivity index is 1.18. The lowest BCUT2D eigenvalue weighted by Gasteiger charge is -2.48. The van der Waals surface area contributed by atoms with Crippen molar-refractivity contribution in [3.8, 4) is 27.9 Å². The van der Waals surface area contributed by atoms with E-state index in [4.69, 9.17) is 0 Å². The average Bonchev–Trinajstić information content (AvgIpc) is 3.58. The van der Waals surface area contributed by atoms with Crippen molar-refractivity contribution in [2.24, 2.45) is 0 Å². The van der Waals surface area contributed by atoms with E-state index in [9.17, 15) is 0 Å². The Labute approximate surface area is 262 Å². The van der Waals surface area contributed by atoms with Gasteiger partial charge in [-0.25, -0.2) is 0 Å². The molecule has 212 valence electrons. The average molecular weight is 584 g/mol. The summed E-state index contributed by atoms with van der Waals surface area (Å²) < 4.78 is 5.10. The summed E-state index contributed by atoms with van der Waals surface area (Å²) in [5.41, 5.74) is 11.9. The number of thiophene rings is 1. The number of fused-ring (bicyclic) bond motifs is 9. The minimum Gasteiger partial charge on any atom is -0.309 e. The van der Waals surface area contributed by atoms with Crippen LogP contribution in [-0.2, 0) is 10.8 Å². The van der Waals surface area contributed by atoms with Crippen molar-refractivity contribution < 1.29 is 0 Å². The molecule has 0 saturated heterocycles. The van der Waals surface area contributed by atoms with Gasteiger partial charge in [-0.1, -0.05) is 107 Å². The molecule has 44 heavy (non-hydrogen) atoms. The molecule has 1 nitrogen and oxygen atoms in total. The fourth-order valence-corrected chi connectivity index (χ4v) is 8.79. The first kappa shape index (κ1) is 25.8. The monoisotopic (exact) mass is 583 g/mol. The molecule has 1 aliphatic carbocycles. The maximum atomic E-state index is 2.49. The Morgan fingerprint density at radius 1 is 0.455 bits per heavy atom. The smallest absolute Gasteiger partial charge is 0.0541 e. The summed E-state index contributed by atoms with van der Waals surface area (Å²) in [5.74, 6) is 0. The molecule has 6 aromatic carbocycles. The van der Waals surface area contributed by atoms with Gasteiger partial charge in [0, 0.05) is 36.6 Å². The Hall–Kier alpha value is -4.66. The fourth-order valence-electron chi connectivity index (χ4n) is 7.68. The second-order valence-corrected chi connectivity index (χ2v) is 14.5. The normalized spacial score (nSPS) is 15.2. The predicted molar refractivity (Wildman–Crippen MR) is 191 cm³/mol. The molecule has 0 spiro atoms. The summed E-state index contributed by atoms with van der Waals surface area (Å²) in [6.07, 6.45) is 0. The van der Waals surface area contributed by atoms with Gasteiger partial charge < -0.3 is 4.57 Å². The molecule has 0 atom stereocenters. The number of hydrogen-bond acceptors (Lipinski definition) is 1. The summed E-state index contributed by atoms with van der Waals surface area (Å²) in [4.78, 5) is 0. The number of aromatic nitrogens is 1. The Morgan fingerprint density at radius 3 is 1.77 bits per heavy atom. The quantitative estimate of drug-likeness (QED) is 0.191. The lowest BCUT2D eigenvalue weighted by molar-refractivity contribution is 0.299. The minimum atomic E-state index is 0.0182. The van der Waals surface area contributed by atoms with Crippen molar-refractivity contribution in [3.05, 3.63) is 139 Å². The van der Waals surface area contributed by atoms with Crippen LogP contribution in [0, 0.1) is 0 Å². The molecule has 1 aliphatic rings.